The van der Waals surface area contributed by atoms with Gasteiger partial charge in [-0.2, -0.15) is 5.10 Å². The fraction of sp³-hybridized carbons (Fsp3) is 0.385. The minimum absolute atomic E-state index is 0.171. The zero-order chi connectivity index (χ0) is 13.3. The summed E-state index contributed by atoms with van der Waals surface area (Å²) in [4.78, 5) is 13.2. The number of Topliss-reactive ketones (excluding diaryl/α,β-unsaturated/α-hetero) is 1. The van der Waals surface area contributed by atoms with Gasteiger partial charge in [-0.05, 0) is 19.9 Å². The molecule has 0 fully saturated rings. The lowest BCUT2D eigenvalue weighted by atomic mass is 10.2. The minimum Gasteiger partial charge on any atom is -0.351 e. The zero-order valence-electron chi connectivity index (χ0n) is 11.1. The second-order valence-electron chi connectivity index (χ2n) is 4.41. The molecule has 2 aromatic heterocycles. The van der Waals surface area contributed by atoms with Crippen LogP contribution in [0.1, 0.15) is 21.7 Å². The summed E-state index contributed by atoms with van der Waals surface area (Å²) in [5.41, 5.74) is 2.97. The van der Waals surface area contributed by atoms with Crippen LogP contribution in [0.3, 0.4) is 0 Å². The Bertz CT molecular complexity index is 583. The third kappa shape index (κ3) is 2.51. The predicted molar refractivity (Wildman–Crippen MR) is 73.1 cm³/mol. The maximum atomic E-state index is 12.1. The molecule has 0 unspecified atom stereocenters. The van der Waals surface area contributed by atoms with Gasteiger partial charge in [0.15, 0.2) is 5.78 Å². The van der Waals surface area contributed by atoms with Crippen molar-refractivity contribution in [1.82, 2.24) is 14.3 Å². The van der Waals surface area contributed by atoms with E-state index in [1.165, 1.54) is 11.8 Å². The van der Waals surface area contributed by atoms with Crippen molar-refractivity contribution in [2.24, 2.45) is 14.1 Å². The molecule has 0 N–H and O–H groups in total. The second kappa shape index (κ2) is 5.02. The monoisotopic (exact) mass is 263 g/mol. The third-order valence-electron chi connectivity index (χ3n) is 3.13. The second-order valence-corrected chi connectivity index (χ2v) is 5.45. The molecule has 2 heterocycles. The molecule has 0 aliphatic heterocycles. The molecule has 0 saturated carbocycles. The molecule has 2 aromatic rings. The molecule has 0 saturated heterocycles. The first kappa shape index (κ1) is 13.0. The molecule has 96 valence electrons. The Balaban J connectivity index is 2.06. The number of aryl methyl sites for hydroxylation is 2. The first-order chi connectivity index (χ1) is 8.49. The van der Waals surface area contributed by atoms with Crippen molar-refractivity contribution < 1.29 is 4.79 Å². The van der Waals surface area contributed by atoms with Crippen molar-refractivity contribution in [3.05, 3.63) is 35.4 Å². The van der Waals surface area contributed by atoms with Crippen LogP contribution in [-0.4, -0.2) is 25.9 Å². The normalized spacial score (nSPS) is 10.9. The van der Waals surface area contributed by atoms with E-state index in [2.05, 4.69) is 5.10 Å². The number of ketones is 1. The topological polar surface area (TPSA) is 39.8 Å². The largest absolute Gasteiger partial charge is 0.351 e. The quantitative estimate of drug-likeness (QED) is 0.628. The van der Waals surface area contributed by atoms with Crippen molar-refractivity contribution in [1.29, 1.82) is 0 Å². The van der Waals surface area contributed by atoms with Gasteiger partial charge in [0, 0.05) is 42.1 Å². The highest BCUT2D eigenvalue weighted by atomic mass is 32.2. The van der Waals surface area contributed by atoms with Gasteiger partial charge in [-0.15, -0.1) is 11.8 Å². The smallest absolute Gasteiger partial charge is 0.174 e. The molecule has 0 atom stereocenters. The van der Waals surface area contributed by atoms with E-state index in [-0.39, 0.29) is 5.78 Å². The third-order valence-corrected chi connectivity index (χ3v) is 4.08. The number of hydrogen-bond donors (Lipinski definition) is 0. The van der Waals surface area contributed by atoms with Gasteiger partial charge < -0.3 is 4.57 Å². The Morgan fingerprint density at radius 2 is 2.11 bits per heavy atom. The van der Waals surface area contributed by atoms with Crippen molar-refractivity contribution >= 4 is 17.5 Å². The van der Waals surface area contributed by atoms with Crippen LogP contribution in [0.5, 0.6) is 0 Å². The van der Waals surface area contributed by atoms with Crippen molar-refractivity contribution in [2.45, 2.75) is 18.7 Å². The molecule has 0 radical (unpaired) electrons. The van der Waals surface area contributed by atoms with E-state index in [9.17, 15) is 4.79 Å². The van der Waals surface area contributed by atoms with Crippen LogP contribution < -0.4 is 0 Å². The molecule has 5 heteroatoms. The Kier molecular flexibility index (Phi) is 3.61. The highest BCUT2D eigenvalue weighted by Crippen LogP contribution is 2.20. The molecular formula is C13H17N3OS. The number of thioether (sulfide) groups is 1. The molecule has 0 amide bonds. The average Bonchev–Trinajstić information content (AvgIpc) is 2.86. The maximum Gasteiger partial charge on any atom is 0.174 e. The van der Waals surface area contributed by atoms with Crippen LogP contribution in [0.25, 0.3) is 0 Å². The molecule has 4 nitrogen and oxygen atoms in total. The number of rotatable bonds is 4. The number of carbonyl (C=O) groups is 1. The van der Waals surface area contributed by atoms with Crippen molar-refractivity contribution in [3.8, 4) is 0 Å². The summed E-state index contributed by atoms with van der Waals surface area (Å²) in [6.07, 6.45) is 3.70. The Morgan fingerprint density at radius 1 is 1.39 bits per heavy atom. The standard InChI is InChI=1S/C13H17N3OS/c1-9-5-12(10(2)16(9)4)13(17)8-18-11-6-14-15(3)7-11/h5-7H,8H2,1-4H3. The molecule has 0 bridgehead atoms. The zero-order valence-corrected chi connectivity index (χ0v) is 11.9. The number of nitrogens with zero attached hydrogens (tertiary/aromatic N) is 3. The summed E-state index contributed by atoms with van der Waals surface area (Å²) in [6, 6.07) is 1.96. The highest BCUT2D eigenvalue weighted by molar-refractivity contribution is 8.00. The van der Waals surface area contributed by atoms with Crippen LogP contribution >= 0.6 is 11.8 Å². The van der Waals surface area contributed by atoms with Crippen LogP contribution in [0.2, 0.25) is 0 Å². The van der Waals surface area contributed by atoms with Gasteiger partial charge in [0.1, 0.15) is 0 Å². The first-order valence-corrected chi connectivity index (χ1v) is 6.75. The highest BCUT2D eigenvalue weighted by Gasteiger charge is 2.14. The molecule has 2 rings (SSSR count). The maximum absolute atomic E-state index is 12.1. The Morgan fingerprint density at radius 3 is 2.61 bits per heavy atom. The van der Waals surface area contributed by atoms with Gasteiger partial charge in [0.05, 0.1) is 11.9 Å². The summed E-state index contributed by atoms with van der Waals surface area (Å²) in [7, 11) is 3.85. The number of hydrogen-bond acceptors (Lipinski definition) is 3. The summed E-state index contributed by atoms with van der Waals surface area (Å²) < 4.78 is 3.78. The summed E-state index contributed by atoms with van der Waals surface area (Å²) in [5, 5.41) is 4.08. The predicted octanol–water partition coefficient (Wildman–Crippen LogP) is 2.35. The molecule has 0 aliphatic carbocycles. The lowest BCUT2D eigenvalue weighted by Crippen LogP contribution is -2.04. The minimum atomic E-state index is 0.171. The molecule has 18 heavy (non-hydrogen) atoms. The van der Waals surface area contributed by atoms with Crippen molar-refractivity contribution in [2.75, 3.05) is 5.75 Å². The first-order valence-electron chi connectivity index (χ1n) is 5.76. The van der Waals surface area contributed by atoms with Gasteiger partial charge >= 0.3 is 0 Å². The summed E-state index contributed by atoms with van der Waals surface area (Å²) in [6.45, 7) is 3.99. The van der Waals surface area contributed by atoms with E-state index in [1.54, 1.807) is 10.9 Å². The summed E-state index contributed by atoms with van der Waals surface area (Å²) >= 11 is 1.53. The molecular weight excluding hydrogens is 246 g/mol. The van der Waals surface area contributed by atoms with Gasteiger partial charge in [-0.25, -0.2) is 0 Å². The lowest BCUT2D eigenvalue weighted by Gasteiger charge is -2.01. The summed E-state index contributed by atoms with van der Waals surface area (Å²) in [5.74, 6) is 0.626. The SMILES string of the molecule is Cc1cc(C(=O)CSc2cnn(C)c2)c(C)n1C. The van der Waals surface area contributed by atoms with Crippen LogP contribution in [-0.2, 0) is 14.1 Å². The fourth-order valence-corrected chi connectivity index (χ4v) is 2.64. The van der Waals surface area contributed by atoms with Gasteiger partial charge in [-0.1, -0.05) is 0 Å². The van der Waals surface area contributed by atoms with E-state index in [0.717, 1.165) is 21.8 Å². The number of aromatic nitrogens is 3. The van der Waals surface area contributed by atoms with Crippen LogP contribution in [0.4, 0.5) is 0 Å². The van der Waals surface area contributed by atoms with E-state index in [4.69, 9.17) is 0 Å². The van der Waals surface area contributed by atoms with Crippen LogP contribution in [0, 0.1) is 13.8 Å². The van der Waals surface area contributed by atoms with E-state index >= 15 is 0 Å². The fourth-order valence-electron chi connectivity index (χ4n) is 1.84. The average molecular weight is 263 g/mol. The van der Waals surface area contributed by atoms with Gasteiger partial charge in [0.2, 0.25) is 0 Å². The number of carbonyl (C=O) groups excluding carboxylic acids is 1. The van der Waals surface area contributed by atoms with E-state index < -0.39 is 0 Å². The molecule has 0 spiro atoms. The lowest BCUT2D eigenvalue weighted by molar-refractivity contribution is 0.102. The Hall–Kier alpha value is -1.49. The van der Waals surface area contributed by atoms with Crippen LogP contribution in [0.15, 0.2) is 23.4 Å². The molecule has 0 aliphatic rings. The van der Waals surface area contributed by atoms with Gasteiger partial charge in [-0.3, -0.25) is 9.48 Å². The van der Waals surface area contributed by atoms with E-state index in [1.807, 2.05) is 44.8 Å². The molecule has 0 aromatic carbocycles. The van der Waals surface area contributed by atoms with Crippen molar-refractivity contribution in [3.63, 3.8) is 0 Å². The van der Waals surface area contributed by atoms with E-state index in [0.29, 0.717) is 5.75 Å². The Labute approximate surface area is 111 Å². The van der Waals surface area contributed by atoms with Gasteiger partial charge in [0.25, 0.3) is 0 Å².